The molecule has 0 radical (unpaired) electrons. The topological polar surface area (TPSA) is 80.9 Å². The van der Waals surface area contributed by atoms with E-state index in [0.717, 1.165) is 36.5 Å². The van der Waals surface area contributed by atoms with Gasteiger partial charge in [-0.05, 0) is 109 Å². The Morgan fingerprint density at radius 2 is 0.814 bits per heavy atom. The van der Waals surface area contributed by atoms with E-state index >= 15 is 0 Å². The van der Waals surface area contributed by atoms with Gasteiger partial charge in [-0.2, -0.15) is 0 Å². The molecule has 0 aromatic carbocycles. The van der Waals surface area contributed by atoms with Crippen LogP contribution in [0.4, 0.5) is 0 Å². The minimum atomic E-state index is 0.336. The van der Waals surface area contributed by atoms with Crippen LogP contribution < -0.4 is 0 Å². The summed E-state index contributed by atoms with van der Waals surface area (Å²) in [6, 6.07) is 0. The maximum Gasteiger partial charge on any atom is 0.0461 e. The summed E-state index contributed by atoms with van der Waals surface area (Å²) < 4.78 is 0. The van der Waals surface area contributed by atoms with Crippen molar-refractivity contribution in [3.63, 3.8) is 0 Å². The summed E-state index contributed by atoms with van der Waals surface area (Å²) in [4.78, 5) is 0. The molecule has 0 aliphatic heterocycles. The molecule has 0 bridgehead atoms. The van der Waals surface area contributed by atoms with Crippen molar-refractivity contribution in [2.24, 2.45) is 64.1 Å². The lowest BCUT2D eigenvalue weighted by molar-refractivity contribution is 0.135. The predicted molar refractivity (Wildman–Crippen MR) is 267 cm³/mol. The van der Waals surface area contributed by atoms with Crippen molar-refractivity contribution in [2.45, 2.75) is 265 Å². The molecule has 0 aromatic heterocycles. The first-order chi connectivity index (χ1) is 27.6. The first kappa shape index (κ1) is 65.5. The van der Waals surface area contributed by atoms with E-state index in [-0.39, 0.29) is 0 Å². The van der Waals surface area contributed by atoms with Crippen LogP contribution >= 0.6 is 0 Å². The van der Waals surface area contributed by atoms with Crippen LogP contribution in [0, 0.1) is 64.1 Å². The van der Waals surface area contributed by atoms with E-state index in [0.29, 0.717) is 66.8 Å². The molecule has 0 spiro atoms. The number of aliphatic hydroxyl groups excluding tert-OH is 4. The zero-order valence-corrected chi connectivity index (χ0v) is 44.1. The van der Waals surface area contributed by atoms with Gasteiger partial charge in [-0.25, -0.2) is 0 Å². The van der Waals surface area contributed by atoms with Crippen LogP contribution in [0.3, 0.4) is 0 Å². The molecule has 0 aliphatic carbocycles. The second kappa shape index (κ2) is 43.1. The van der Waals surface area contributed by atoms with E-state index in [2.05, 4.69) is 118 Å². The zero-order valence-electron chi connectivity index (χ0n) is 44.1. The molecule has 0 saturated heterocycles. The molecule has 0 saturated carbocycles. The summed E-state index contributed by atoms with van der Waals surface area (Å²) in [5.41, 5.74) is 0.787. The molecular formula is C55H118O4. The molecule has 4 N–H and O–H groups in total. The fourth-order valence-corrected chi connectivity index (χ4v) is 8.92. The van der Waals surface area contributed by atoms with Crippen molar-refractivity contribution in [3.8, 4) is 0 Å². The van der Waals surface area contributed by atoms with Gasteiger partial charge in [0, 0.05) is 26.4 Å². The van der Waals surface area contributed by atoms with Crippen molar-refractivity contribution in [3.05, 3.63) is 0 Å². The largest absolute Gasteiger partial charge is 0.396 e. The van der Waals surface area contributed by atoms with Crippen LogP contribution in [0.5, 0.6) is 0 Å². The Bertz CT molecular complexity index is 788. The Hall–Kier alpha value is -0.160. The lowest BCUT2D eigenvalue weighted by Gasteiger charge is -2.30. The molecule has 0 heterocycles. The molecule has 7 unspecified atom stereocenters. The quantitative estimate of drug-likeness (QED) is 0.0509. The van der Waals surface area contributed by atoms with E-state index in [1.807, 2.05) is 0 Å². The van der Waals surface area contributed by atoms with Gasteiger partial charge in [-0.3, -0.25) is 0 Å². The van der Waals surface area contributed by atoms with Crippen molar-refractivity contribution in [1.82, 2.24) is 0 Å². The summed E-state index contributed by atoms with van der Waals surface area (Å²) in [5, 5.41) is 36.6. The highest BCUT2D eigenvalue weighted by Crippen LogP contribution is 2.33. The van der Waals surface area contributed by atoms with Crippen LogP contribution in [-0.4, -0.2) is 46.9 Å². The lowest BCUT2D eigenvalue weighted by atomic mass is 9.76. The molecule has 0 amide bonds. The molecule has 0 aliphatic rings. The molecule has 4 heteroatoms. The number of hydrogen-bond acceptors (Lipinski definition) is 4. The zero-order chi connectivity index (χ0) is 46.3. The molecule has 7 atom stereocenters. The third-order valence-electron chi connectivity index (χ3n) is 12.9. The molecular weight excluding hydrogens is 725 g/mol. The Labute approximate surface area is 375 Å². The number of rotatable bonds is 32. The van der Waals surface area contributed by atoms with Crippen LogP contribution in [-0.2, 0) is 0 Å². The first-order valence-electron chi connectivity index (χ1n) is 26.1. The average molecular weight is 844 g/mol. The summed E-state index contributed by atoms with van der Waals surface area (Å²) in [5.74, 6) is 5.85. The van der Waals surface area contributed by atoms with Crippen molar-refractivity contribution in [1.29, 1.82) is 0 Å². The van der Waals surface area contributed by atoms with Gasteiger partial charge in [0.25, 0.3) is 0 Å². The summed E-state index contributed by atoms with van der Waals surface area (Å²) in [7, 11) is 0. The van der Waals surface area contributed by atoms with Gasteiger partial charge < -0.3 is 20.4 Å². The highest BCUT2D eigenvalue weighted by atomic mass is 16.3. The van der Waals surface area contributed by atoms with E-state index in [1.165, 1.54) is 135 Å². The number of hydrogen-bond donors (Lipinski definition) is 4. The maximum atomic E-state index is 9.64. The van der Waals surface area contributed by atoms with Gasteiger partial charge in [0.15, 0.2) is 0 Å². The molecule has 0 rings (SSSR count). The molecule has 59 heavy (non-hydrogen) atoms. The van der Waals surface area contributed by atoms with Crippen LogP contribution in [0.1, 0.15) is 265 Å². The van der Waals surface area contributed by atoms with Crippen LogP contribution in [0.15, 0.2) is 0 Å². The van der Waals surface area contributed by atoms with Gasteiger partial charge in [0.05, 0.1) is 0 Å². The smallest absolute Gasteiger partial charge is 0.0461 e. The second-order valence-electron chi connectivity index (χ2n) is 22.4. The monoisotopic (exact) mass is 843 g/mol. The molecule has 4 nitrogen and oxygen atoms in total. The van der Waals surface area contributed by atoms with Crippen molar-refractivity contribution < 1.29 is 20.4 Å². The average Bonchev–Trinajstić information content (AvgIpc) is 3.15. The second-order valence-corrected chi connectivity index (χ2v) is 22.4. The highest BCUT2D eigenvalue weighted by Gasteiger charge is 2.24. The normalized spacial score (nSPS) is 15.5. The minimum absolute atomic E-state index is 0.336. The Morgan fingerprint density at radius 1 is 0.373 bits per heavy atom. The third kappa shape index (κ3) is 48.7. The summed E-state index contributed by atoms with van der Waals surface area (Å²) in [6.07, 6.45) is 29.8. The fraction of sp³-hybridized carbons (Fsp3) is 1.00. The van der Waals surface area contributed by atoms with Crippen molar-refractivity contribution in [2.75, 3.05) is 26.4 Å². The van der Waals surface area contributed by atoms with Crippen molar-refractivity contribution >= 4 is 0 Å². The van der Waals surface area contributed by atoms with Crippen LogP contribution in [0.2, 0.25) is 0 Å². The number of aliphatic hydroxyl groups is 4. The molecule has 362 valence electrons. The first-order valence-corrected chi connectivity index (χ1v) is 26.1. The Morgan fingerprint density at radius 3 is 1.14 bits per heavy atom. The fourth-order valence-electron chi connectivity index (χ4n) is 8.92. The molecule has 0 fully saturated rings. The van der Waals surface area contributed by atoms with Crippen LogP contribution in [0.25, 0.3) is 0 Å². The molecule has 0 aromatic rings. The van der Waals surface area contributed by atoms with E-state index < -0.39 is 0 Å². The highest BCUT2D eigenvalue weighted by molar-refractivity contribution is 4.75. The summed E-state index contributed by atoms with van der Waals surface area (Å²) in [6.45, 7) is 40.0. The Balaban J connectivity index is -0.000000359. The lowest BCUT2D eigenvalue weighted by Crippen LogP contribution is -2.22. The van der Waals surface area contributed by atoms with Gasteiger partial charge in [-0.15, -0.1) is 0 Å². The van der Waals surface area contributed by atoms with Gasteiger partial charge >= 0.3 is 0 Å². The van der Waals surface area contributed by atoms with Gasteiger partial charge in [-0.1, -0.05) is 220 Å². The Kier molecular flexibility index (Phi) is 47.8. The predicted octanol–water partition coefficient (Wildman–Crippen LogP) is 16.7. The van der Waals surface area contributed by atoms with E-state index in [4.69, 9.17) is 10.2 Å². The van der Waals surface area contributed by atoms with E-state index in [9.17, 15) is 10.2 Å². The van der Waals surface area contributed by atoms with Gasteiger partial charge in [0.1, 0.15) is 0 Å². The van der Waals surface area contributed by atoms with E-state index in [1.54, 1.807) is 0 Å². The summed E-state index contributed by atoms with van der Waals surface area (Å²) >= 11 is 0. The number of unbranched alkanes of at least 4 members (excludes halogenated alkanes) is 10. The minimum Gasteiger partial charge on any atom is -0.396 e. The standard InChI is InChI=1S/2C18H38O.C13H28O.C6H14O/c1-14(11-17(3,4)5)9-10-16(13-19)15(2)12-18(6,7)8;1-3-5-7-9-10-12-14-16-18(17-19)15-13-11-8-6-4-2;1-6-13(10(2)3)8-11(4)7-12(5)9-14;1-3-6(4-2)5-7/h14-16,19H,9-13H2,1-8H3;18-19H,3-17H2,1-2H3;10-14H,6-9H2,1-5H3;6-7H,3-5H2,1-2H3. The van der Waals surface area contributed by atoms with Gasteiger partial charge in [0.2, 0.25) is 0 Å². The maximum absolute atomic E-state index is 9.64. The third-order valence-corrected chi connectivity index (χ3v) is 12.9. The SMILES string of the molecule is CC(CCC(CO)C(C)CC(C)(C)C)CC(C)(C)C.CCC(CC(C)CC(C)CO)C(C)C.CCC(CC)CO.CCCCCCCCCC(CO)CCCCCCC.